The summed E-state index contributed by atoms with van der Waals surface area (Å²) in [5.74, 6) is 0. The van der Waals surface area contributed by atoms with Gasteiger partial charge in [0.25, 0.3) is 0 Å². The van der Waals surface area contributed by atoms with E-state index < -0.39 is 0 Å². The molecule has 8 rings (SSSR count). The van der Waals surface area contributed by atoms with Gasteiger partial charge in [-0.3, -0.25) is 4.57 Å². The maximum atomic E-state index is 6.25. The lowest BCUT2D eigenvalue weighted by molar-refractivity contribution is 0.574. The summed E-state index contributed by atoms with van der Waals surface area (Å²) in [6.45, 7) is 0. The molecule has 0 atom stereocenters. The molecule has 0 saturated carbocycles. The van der Waals surface area contributed by atoms with Crippen LogP contribution in [0.15, 0.2) is 120 Å². The van der Waals surface area contributed by atoms with Crippen LogP contribution in [-0.4, -0.2) is 14.1 Å². The van der Waals surface area contributed by atoms with Gasteiger partial charge in [0.05, 0.1) is 22.1 Å². The number of hydrogen-bond donors (Lipinski definition) is 0. The van der Waals surface area contributed by atoms with Gasteiger partial charge in [-0.05, 0) is 48.5 Å². The quantitative estimate of drug-likeness (QED) is 0.268. The average Bonchev–Trinajstić information content (AvgIpc) is 3.58. The zero-order chi connectivity index (χ0) is 22.9. The SMILES string of the molecule is c1ccc(-n2c3ccccc3c3c4c5ccccc5n(-c5nc6ccccc6o5)c4ccc32)cc1. The number of nitrogens with zero attached hydrogens (tertiary/aromatic N) is 3. The highest BCUT2D eigenvalue weighted by molar-refractivity contribution is 6.28. The highest BCUT2D eigenvalue weighted by Crippen LogP contribution is 2.42. The predicted octanol–water partition coefficient (Wildman–Crippen LogP) is 8.02. The fourth-order valence-electron chi connectivity index (χ4n) is 5.54. The molecule has 4 nitrogen and oxygen atoms in total. The zero-order valence-electron chi connectivity index (χ0n) is 18.7. The molecular formula is C31H19N3O. The maximum Gasteiger partial charge on any atom is 0.307 e. The van der Waals surface area contributed by atoms with Gasteiger partial charge in [0.15, 0.2) is 5.58 Å². The van der Waals surface area contributed by atoms with Crippen LogP contribution in [0.25, 0.3) is 66.4 Å². The van der Waals surface area contributed by atoms with Gasteiger partial charge >= 0.3 is 6.01 Å². The van der Waals surface area contributed by atoms with Crippen LogP contribution in [0, 0.1) is 0 Å². The van der Waals surface area contributed by atoms with Gasteiger partial charge < -0.3 is 8.98 Å². The largest absolute Gasteiger partial charge is 0.423 e. The Kier molecular flexibility index (Phi) is 3.63. The van der Waals surface area contributed by atoms with E-state index in [-0.39, 0.29) is 0 Å². The normalized spacial score (nSPS) is 12.0. The Labute approximate surface area is 200 Å². The third-order valence-corrected chi connectivity index (χ3v) is 6.96. The van der Waals surface area contributed by atoms with E-state index in [9.17, 15) is 0 Å². The minimum Gasteiger partial charge on any atom is -0.423 e. The molecule has 0 bridgehead atoms. The van der Waals surface area contributed by atoms with Crippen LogP contribution >= 0.6 is 0 Å². The molecular weight excluding hydrogens is 430 g/mol. The average molecular weight is 450 g/mol. The van der Waals surface area contributed by atoms with Crippen molar-refractivity contribution in [2.45, 2.75) is 0 Å². The van der Waals surface area contributed by atoms with E-state index in [0.29, 0.717) is 6.01 Å². The number of aromatic nitrogens is 3. The fraction of sp³-hybridized carbons (Fsp3) is 0. The molecule has 3 heterocycles. The lowest BCUT2D eigenvalue weighted by Crippen LogP contribution is -1.94. The molecule has 164 valence electrons. The third-order valence-electron chi connectivity index (χ3n) is 6.96. The topological polar surface area (TPSA) is 35.9 Å². The number of oxazole rings is 1. The summed E-state index contributed by atoms with van der Waals surface area (Å²) in [5, 5.41) is 4.88. The number of fused-ring (bicyclic) bond motifs is 8. The third kappa shape index (κ3) is 2.48. The van der Waals surface area contributed by atoms with Gasteiger partial charge in [-0.25, -0.2) is 0 Å². The first-order valence-electron chi connectivity index (χ1n) is 11.8. The lowest BCUT2D eigenvalue weighted by Gasteiger charge is -2.07. The minimum atomic E-state index is 0.587. The van der Waals surface area contributed by atoms with Crippen LogP contribution < -0.4 is 0 Å². The Morgan fingerprint density at radius 1 is 0.486 bits per heavy atom. The summed E-state index contributed by atoms with van der Waals surface area (Å²) >= 11 is 0. The van der Waals surface area contributed by atoms with Gasteiger partial charge in [0.1, 0.15) is 5.52 Å². The molecule has 35 heavy (non-hydrogen) atoms. The molecule has 0 aliphatic carbocycles. The molecule has 0 radical (unpaired) electrons. The summed E-state index contributed by atoms with van der Waals surface area (Å²) in [6, 6.07) is 40.7. The van der Waals surface area contributed by atoms with Crippen molar-refractivity contribution in [3.8, 4) is 11.7 Å². The number of benzene rings is 5. The molecule has 0 spiro atoms. The Bertz CT molecular complexity index is 2030. The van der Waals surface area contributed by atoms with Crippen molar-refractivity contribution in [2.24, 2.45) is 0 Å². The summed E-state index contributed by atoms with van der Waals surface area (Å²) in [6.07, 6.45) is 0. The summed E-state index contributed by atoms with van der Waals surface area (Å²) in [4.78, 5) is 4.84. The van der Waals surface area contributed by atoms with Gasteiger partial charge in [-0.1, -0.05) is 66.7 Å². The maximum absolute atomic E-state index is 6.25. The van der Waals surface area contributed by atoms with Crippen molar-refractivity contribution in [1.29, 1.82) is 0 Å². The predicted molar refractivity (Wildman–Crippen MR) is 143 cm³/mol. The van der Waals surface area contributed by atoms with Crippen LogP contribution in [0.5, 0.6) is 0 Å². The Hall–Kier alpha value is -4.83. The van der Waals surface area contributed by atoms with E-state index in [2.05, 4.69) is 100 Å². The van der Waals surface area contributed by atoms with Crippen molar-refractivity contribution >= 4 is 54.7 Å². The number of para-hydroxylation sites is 5. The van der Waals surface area contributed by atoms with E-state index in [0.717, 1.165) is 27.8 Å². The van der Waals surface area contributed by atoms with Crippen molar-refractivity contribution in [3.63, 3.8) is 0 Å². The van der Waals surface area contributed by atoms with Crippen molar-refractivity contribution in [1.82, 2.24) is 14.1 Å². The smallest absolute Gasteiger partial charge is 0.307 e. The zero-order valence-corrected chi connectivity index (χ0v) is 18.7. The van der Waals surface area contributed by atoms with Crippen LogP contribution in [-0.2, 0) is 0 Å². The first-order chi connectivity index (χ1) is 17.4. The van der Waals surface area contributed by atoms with Crippen molar-refractivity contribution in [2.75, 3.05) is 0 Å². The molecule has 0 fully saturated rings. The molecule has 5 aromatic carbocycles. The second-order valence-corrected chi connectivity index (χ2v) is 8.86. The summed E-state index contributed by atoms with van der Waals surface area (Å²) in [5.41, 5.74) is 7.34. The molecule has 0 saturated heterocycles. The molecule has 0 aliphatic rings. The molecule has 0 aliphatic heterocycles. The van der Waals surface area contributed by atoms with Crippen LogP contribution in [0.4, 0.5) is 0 Å². The molecule has 8 aromatic rings. The van der Waals surface area contributed by atoms with Gasteiger partial charge in [-0.15, -0.1) is 0 Å². The Morgan fingerprint density at radius 2 is 1.06 bits per heavy atom. The molecule has 0 N–H and O–H groups in total. The number of rotatable bonds is 2. The van der Waals surface area contributed by atoms with Gasteiger partial charge in [-0.2, -0.15) is 4.98 Å². The highest BCUT2D eigenvalue weighted by atomic mass is 16.4. The van der Waals surface area contributed by atoms with E-state index in [4.69, 9.17) is 9.40 Å². The number of hydrogen-bond acceptors (Lipinski definition) is 2. The van der Waals surface area contributed by atoms with E-state index in [1.807, 2.05) is 24.3 Å². The van der Waals surface area contributed by atoms with Crippen LogP contribution in [0.1, 0.15) is 0 Å². The second kappa shape index (κ2) is 6.84. The summed E-state index contributed by atoms with van der Waals surface area (Å²) < 4.78 is 10.8. The highest BCUT2D eigenvalue weighted by Gasteiger charge is 2.21. The van der Waals surface area contributed by atoms with Crippen LogP contribution in [0.3, 0.4) is 0 Å². The van der Waals surface area contributed by atoms with Crippen LogP contribution in [0.2, 0.25) is 0 Å². The van der Waals surface area contributed by atoms with E-state index in [1.165, 1.54) is 32.6 Å². The fourth-order valence-corrected chi connectivity index (χ4v) is 5.54. The molecule has 3 aromatic heterocycles. The van der Waals surface area contributed by atoms with Crippen molar-refractivity contribution in [3.05, 3.63) is 115 Å². The van der Waals surface area contributed by atoms with Gasteiger partial charge in [0.2, 0.25) is 0 Å². The molecule has 4 heteroatoms. The van der Waals surface area contributed by atoms with Crippen molar-refractivity contribution < 1.29 is 4.42 Å². The molecule has 0 amide bonds. The second-order valence-electron chi connectivity index (χ2n) is 8.86. The Balaban J connectivity index is 1.58. The lowest BCUT2D eigenvalue weighted by atomic mass is 10.1. The first kappa shape index (κ1) is 18.6. The monoisotopic (exact) mass is 449 g/mol. The first-order valence-corrected chi connectivity index (χ1v) is 11.8. The standard InChI is InChI=1S/C31H19N3O/c1-2-10-20(11-3-1)33-24-15-7-4-12-21(24)29-26(33)18-19-27-30(29)22-13-5-8-16-25(22)34(27)31-32-23-14-6-9-17-28(23)35-31/h1-19H. The minimum absolute atomic E-state index is 0.587. The Morgan fingerprint density at radius 3 is 1.77 bits per heavy atom. The van der Waals surface area contributed by atoms with E-state index >= 15 is 0 Å². The molecule has 0 unspecified atom stereocenters. The van der Waals surface area contributed by atoms with E-state index in [1.54, 1.807) is 0 Å². The summed E-state index contributed by atoms with van der Waals surface area (Å²) in [7, 11) is 0. The van der Waals surface area contributed by atoms with Gasteiger partial charge in [0, 0.05) is 27.2 Å².